The zero-order valence-electron chi connectivity index (χ0n) is 17.2. The van der Waals surface area contributed by atoms with Gasteiger partial charge in [-0.3, -0.25) is 4.79 Å². The molecule has 2 aliphatic rings. The average molecular weight is 431 g/mol. The quantitative estimate of drug-likeness (QED) is 0.444. The van der Waals surface area contributed by atoms with Gasteiger partial charge in [-0.15, -0.1) is 0 Å². The molecule has 156 valence electrons. The van der Waals surface area contributed by atoms with Crippen molar-refractivity contribution in [2.45, 2.75) is 31.7 Å². The average Bonchev–Trinajstić information content (AvgIpc) is 2.92. The standard InChI is InChI=1S/C26H23ClN2O2/c1-15-6-8-16(9-7-15)17-12-22-25(24(31)13-17)26(19-14-18(27)10-11-23(19)30)29-21-5-3-2-4-20(21)28-22/h2-11,14,17,26,28-30H,12-13H2,1H3. The lowest BCUT2D eigenvalue weighted by Crippen LogP contribution is -2.27. The maximum atomic E-state index is 13.5. The van der Waals surface area contributed by atoms with Crippen molar-refractivity contribution >= 4 is 28.8 Å². The lowest BCUT2D eigenvalue weighted by molar-refractivity contribution is -0.116. The van der Waals surface area contributed by atoms with Gasteiger partial charge in [0, 0.05) is 28.3 Å². The molecular formula is C26H23ClN2O2. The number of carbonyl (C=O) groups excluding carboxylic acids is 1. The van der Waals surface area contributed by atoms with Crippen LogP contribution in [0.2, 0.25) is 5.02 Å². The number of hydrogen-bond acceptors (Lipinski definition) is 4. The predicted molar refractivity (Wildman–Crippen MR) is 125 cm³/mol. The van der Waals surface area contributed by atoms with Crippen LogP contribution >= 0.6 is 11.6 Å². The molecule has 3 N–H and O–H groups in total. The maximum absolute atomic E-state index is 13.5. The highest BCUT2D eigenvalue weighted by Gasteiger charge is 2.36. The number of benzene rings is 3. The molecule has 1 aliphatic heterocycles. The van der Waals surface area contributed by atoms with Gasteiger partial charge in [0.25, 0.3) is 0 Å². The lowest BCUT2D eigenvalue weighted by atomic mass is 9.78. The van der Waals surface area contributed by atoms with E-state index in [0.29, 0.717) is 22.6 Å². The van der Waals surface area contributed by atoms with Crippen molar-refractivity contribution in [3.8, 4) is 5.75 Å². The number of hydrogen-bond donors (Lipinski definition) is 3. The Morgan fingerprint density at radius 2 is 1.71 bits per heavy atom. The zero-order valence-corrected chi connectivity index (χ0v) is 17.9. The number of para-hydroxylation sites is 2. The number of Topliss-reactive ketones (excluding diaryl/α,β-unsaturated/α-hetero) is 1. The van der Waals surface area contributed by atoms with E-state index in [4.69, 9.17) is 11.6 Å². The van der Waals surface area contributed by atoms with Gasteiger partial charge in [0.15, 0.2) is 5.78 Å². The second-order valence-corrected chi connectivity index (χ2v) is 8.72. The van der Waals surface area contributed by atoms with Crippen LogP contribution in [0.4, 0.5) is 11.4 Å². The Morgan fingerprint density at radius 1 is 0.968 bits per heavy atom. The zero-order chi connectivity index (χ0) is 21.5. The predicted octanol–water partition coefficient (Wildman–Crippen LogP) is 6.33. The molecule has 5 heteroatoms. The summed E-state index contributed by atoms with van der Waals surface area (Å²) in [7, 11) is 0. The molecule has 3 aromatic carbocycles. The minimum atomic E-state index is -0.490. The van der Waals surface area contributed by atoms with Crippen molar-refractivity contribution in [1.82, 2.24) is 0 Å². The van der Waals surface area contributed by atoms with Crippen molar-refractivity contribution in [3.05, 3.63) is 99.7 Å². The van der Waals surface area contributed by atoms with Gasteiger partial charge in [0.1, 0.15) is 5.75 Å². The van der Waals surface area contributed by atoms with Gasteiger partial charge in [-0.05, 0) is 55.2 Å². The summed E-state index contributed by atoms with van der Waals surface area (Å²) >= 11 is 6.25. The number of aromatic hydroxyl groups is 1. The number of anilines is 2. The molecule has 0 amide bonds. The molecule has 31 heavy (non-hydrogen) atoms. The van der Waals surface area contributed by atoms with Gasteiger partial charge in [-0.1, -0.05) is 53.6 Å². The molecule has 1 heterocycles. The molecule has 2 unspecified atom stereocenters. The number of nitrogens with one attached hydrogen (secondary N) is 2. The maximum Gasteiger partial charge on any atom is 0.163 e. The lowest BCUT2D eigenvalue weighted by Gasteiger charge is -2.30. The van der Waals surface area contributed by atoms with E-state index >= 15 is 0 Å². The first-order valence-electron chi connectivity index (χ1n) is 10.4. The highest BCUT2D eigenvalue weighted by Crippen LogP contribution is 2.46. The first kappa shape index (κ1) is 19.7. The number of carbonyl (C=O) groups is 1. The third kappa shape index (κ3) is 3.68. The van der Waals surface area contributed by atoms with Gasteiger partial charge in [0.05, 0.1) is 17.4 Å². The summed E-state index contributed by atoms with van der Waals surface area (Å²) in [4.78, 5) is 13.5. The molecule has 0 fully saturated rings. The molecule has 0 bridgehead atoms. The SMILES string of the molecule is Cc1ccc(C2CC(=O)C3=C(C2)Nc2ccccc2NC3c2cc(Cl)ccc2O)cc1. The number of phenolic OH excluding ortho intramolecular Hbond substituents is 1. The highest BCUT2D eigenvalue weighted by atomic mass is 35.5. The topological polar surface area (TPSA) is 61.4 Å². The van der Waals surface area contributed by atoms with Crippen LogP contribution in [-0.2, 0) is 4.79 Å². The van der Waals surface area contributed by atoms with Crippen LogP contribution in [0, 0.1) is 6.92 Å². The minimum absolute atomic E-state index is 0.0732. The van der Waals surface area contributed by atoms with Crippen LogP contribution in [-0.4, -0.2) is 10.9 Å². The fourth-order valence-corrected chi connectivity index (χ4v) is 4.74. The fourth-order valence-electron chi connectivity index (χ4n) is 4.56. The molecule has 0 aromatic heterocycles. The smallest absolute Gasteiger partial charge is 0.163 e. The summed E-state index contributed by atoms with van der Waals surface area (Å²) in [6, 6.07) is 20.7. The van der Waals surface area contributed by atoms with E-state index < -0.39 is 6.04 Å². The second-order valence-electron chi connectivity index (χ2n) is 8.28. The van der Waals surface area contributed by atoms with Crippen LogP contribution in [0.25, 0.3) is 0 Å². The van der Waals surface area contributed by atoms with E-state index in [1.165, 1.54) is 11.1 Å². The Bertz CT molecular complexity index is 1200. The van der Waals surface area contributed by atoms with Crippen LogP contribution in [0.5, 0.6) is 5.75 Å². The Labute approximate surface area is 186 Å². The Morgan fingerprint density at radius 3 is 2.48 bits per heavy atom. The van der Waals surface area contributed by atoms with E-state index in [-0.39, 0.29) is 17.5 Å². The molecule has 2 atom stereocenters. The molecular weight excluding hydrogens is 408 g/mol. The number of halogens is 1. The van der Waals surface area contributed by atoms with E-state index in [1.807, 2.05) is 24.3 Å². The van der Waals surface area contributed by atoms with Crippen LogP contribution in [0.3, 0.4) is 0 Å². The molecule has 3 aromatic rings. The van der Waals surface area contributed by atoms with Crippen molar-refractivity contribution in [1.29, 1.82) is 0 Å². The third-order valence-corrected chi connectivity index (χ3v) is 6.39. The number of fused-ring (bicyclic) bond motifs is 1. The highest BCUT2D eigenvalue weighted by molar-refractivity contribution is 6.30. The van der Waals surface area contributed by atoms with E-state index in [2.05, 4.69) is 41.8 Å². The molecule has 5 rings (SSSR count). The van der Waals surface area contributed by atoms with Crippen molar-refractivity contribution in [3.63, 3.8) is 0 Å². The van der Waals surface area contributed by atoms with Gasteiger partial charge < -0.3 is 15.7 Å². The molecule has 0 saturated heterocycles. The summed E-state index contributed by atoms with van der Waals surface area (Å²) in [5.41, 5.74) is 6.31. The first-order valence-corrected chi connectivity index (χ1v) is 10.8. The number of aryl methyl sites for hydroxylation is 1. The Balaban J connectivity index is 1.63. The van der Waals surface area contributed by atoms with Crippen LogP contribution in [0.15, 0.2) is 78.0 Å². The third-order valence-electron chi connectivity index (χ3n) is 6.16. The first-order chi connectivity index (χ1) is 15.0. The fraction of sp³-hybridized carbons (Fsp3) is 0.192. The number of allylic oxidation sites excluding steroid dienone is 1. The van der Waals surface area contributed by atoms with Gasteiger partial charge in [-0.25, -0.2) is 0 Å². The largest absolute Gasteiger partial charge is 0.508 e. The molecule has 1 aliphatic carbocycles. The molecule has 0 spiro atoms. The van der Waals surface area contributed by atoms with Crippen molar-refractivity contribution in [2.24, 2.45) is 0 Å². The molecule has 4 nitrogen and oxygen atoms in total. The molecule has 0 saturated carbocycles. The van der Waals surface area contributed by atoms with E-state index in [1.54, 1.807) is 18.2 Å². The van der Waals surface area contributed by atoms with Crippen molar-refractivity contribution < 1.29 is 9.90 Å². The summed E-state index contributed by atoms with van der Waals surface area (Å²) < 4.78 is 0. The van der Waals surface area contributed by atoms with Gasteiger partial charge >= 0.3 is 0 Å². The second kappa shape index (κ2) is 7.78. The number of ketones is 1. The normalized spacial score (nSPS) is 20.3. The summed E-state index contributed by atoms with van der Waals surface area (Å²) in [5.74, 6) is 0.295. The van der Waals surface area contributed by atoms with Gasteiger partial charge in [-0.2, -0.15) is 0 Å². The summed E-state index contributed by atoms with van der Waals surface area (Å²) in [6.45, 7) is 2.06. The Hall–Kier alpha value is -3.24. The van der Waals surface area contributed by atoms with Gasteiger partial charge in [0.2, 0.25) is 0 Å². The van der Waals surface area contributed by atoms with Crippen LogP contribution < -0.4 is 10.6 Å². The minimum Gasteiger partial charge on any atom is -0.508 e. The number of phenols is 1. The number of rotatable bonds is 2. The summed E-state index contributed by atoms with van der Waals surface area (Å²) in [5, 5.41) is 18.1. The van der Waals surface area contributed by atoms with E-state index in [9.17, 15) is 9.90 Å². The Kier molecular flexibility index (Phi) is 4.95. The monoisotopic (exact) mass is 430 g/mol. The van der Waals surface area contributed by atoms with E-state index in [0.717, 1.165) is 23.5 Å². The summed E-state index contributed by atoms with van der Waals surface area (Å²) in [6.07, 6.45) is 1.15. The molecule has 0 radical (unpaired) electrons. The van der Waals surface area contributed by atoms with Crippen LogP contribution in [0.1, 0.15) is 41.5 Å². The van der Waals surface area contributed by atoms with Crippen molar-refractivity contribution in [2.75, 3.05) is 10.6 Å².